The Morgan fingerprint density at radius 2 is 2.11 bits per heavy atom. The second kappa shape index (κ2) is 9.28. The van der Waals surface area contributed by atoms with E-state index in [0.29, 0.717) is 18.7 Å². The molecule has 9 nitrogen and oxygen atoms in total. The normalized spacial score (nSPS) is 19.9. The van der Waals surface area contributed by atoms with Crippen molar-refractivity contribution >= 4 is 16.9 Å². The van der Waals surface area contributed by atoms with Gasteiger partial charge in [-0.3, -0.25) is 14.8 Å². The van der Waals surface area contributed by atoms with Crippen LogP contribution in [0.4, 0.5) is 4.39 Å². The molecule has 2 aromatic carbocycles. The molecule has 4 aromatic rings. The molecule has 0 saturated carbocycles. The van der Waals surface area contributed by atoms with Gasteiger partial charge in [0.2, 0.25) is 0 Å². The van der Waals surface area contributed by atoms with Crippen LogP contribution in [-0.2, 0) is 24.2 Å². The van der Waals surface area contributed by atoms with E-state index in [1.54, 1.807) is 0 Å². The number of fused-ring (bicyclic) bond motifs is 2. The van der Waals surface area contributed by atoms with Gasteiger partial charge >= 0.3 is 5.97 Å². The van der Waals surface area contributed by atoms with Crippen LogP contribution in [-0.4, -0.2) is 66.4 Å². The van der Waals surface area contributed by atoms with E-state index in [9.17, 15) is 19.4 Å². The highest BCUT2D eigenvalue weighted by atomic mass is 19.1. The Kier molecular flexibility index (Phi) is 5.92. The average molecular weight is 505 g/mol. The van der Waals surface area contributed by atoms with Crippen molar-refractivity contribution in [3.05, 3.63) is 53.1 Å². The number of carbonyl (C=O) groups is 1. The first-order valence-corrected chi connectivity index (χ1v) is 12.7. The molecule has 192 valence electrons. The third-order valence-electron chi connectivity index (χ3n) is 7.58. The maximum atomic E-state index is 14.1. The third kappa shape index (κ3) is 4.36. The lowest BCUT2D eigenvalue weighted by Crippen LogP contribution is -2.43. The molecule has 2 aromatic heterocycles. The molecule has 1 fully saturated rings. The lowest BCUT2D eigenvalue weighted by atomic mass is 9.96. The van der Waals surface area contributed by atoms with Crippen LogP contribution in [0, 0.1) is 5.82 Å². The highest BCUT2D eigenvalue weighted by molar-refractivity contribution is 5.94. The number of nitrogens with one attached hydrogen (secondary N) is 3. The summed E-state index contributed by atoms with van der Waals surface area (Å²) in [7, 11) is 0. The standard InChI is InChI=1S/C27H29FN6O3/c1-2-14-10-24(35)19(28)11-18(14)15-3-5-17-22(9-15)32-33-25(17)26-30-20-7-8-34(13-23(20)31-26)12-16-4-6-21(29-16)27(36)37/h3,5,9-11,16,21,29,35H,2,4,6-8,12-13H2,1H3,(H,30,31)(H,32,33)(H,36,37). The monoisotopic (exact) mass is 504 g/mol. The van der Waals surface area contributed by atoms with Crippen LogP contribution in [0.2, 0.25) is 0 Å². The molecular weight excluding hydrogens is 475 g/mol. The number of nitrogens with zero attached hydrogens (tertiary/aromatic N) is 3. The minimum Gasteiger partial charge on any atom is -0.505 e. The molecule has 5 N–H and O–H groups in total. The number of halogens is 1. The van der Waals surface area contributed by atoms with Crippen LogP contribution >= 0.6 is 0 Å². The number of H-pyrrole nitrogens is 2. The minimum atomic E-state index is -0.777. The highest BCUT2D eigenvalue weighted by Gasteiger charge is 2.31. The summed E-state index contributed by atoms with van der Waals surface area (Å²) in [6.07, 6.45) is 3.02. The van der Waals surface area contributed by atoms with Crippen molar-refractivity contribution in [2.75, 3.05) is 13.1 Å². The molecule has 0 spiro atoms. The van der Waals surface area contributed by atoms with Crippen molar-refractivity contribution < 1.29 is 19.4 Å². The molecule has 10 heteroatoms. The zero-order valence-electron chi connectivity index (χ0n) is 20.5. The molecule has 0 aliphatic carbocycles. The van der Waals surface area contributed by atoms with Crippen molar-refractivity contribution in [2.45, 2.75) is 51.2 Å². The maximum Gasteiger partial charge on any atom is 0.320 e. The summed E-state index contributed by atoms with van der Waals surface area (Å²) < 4.78 is 14.1. The minimum absolute atomic E-state index is 0.185. The molecule has 0 radical (unpaired) electrons. The molecular formula is C27H29FN6O3. The van der Waals surface area contributed by atoms with Gasteiger partial charge in [0.05, 0.1) is 16.9 Å². The van der Waals surface area contributed by atoms with Crippen molar-refractivity contribution in [3.8, 4) is 28.4 Å². The Hall–Kier alpha value is -3.76. The number of aryl methyl sites for hydroxylation is 1. The summed E-state index contributed by atoms with van der Waals surface area (Å²) in [5, 5.41) is 30.8. The van der Waals surface area contributed by atoms with Gasteiger partial charge in [0.25, 0.3) is 0 Å². The molecule has 2 aliphatic rings. The van der Waals surface area contributed by atoms with Crippen LogP contribution < -0.4 is 5.32 Å². The molecule has 6 rings (SSSR count). The number of hydrogen-bond acceptors (Lipinski definition) is 6. The Morgan fingerprint density at radius 1 is 1.24 bits per heavy atom. The number of imidazole rings is 1. The number of aromatic hydroxyl groups is 1. The number of phenolic OH excluding ortho intramolecular Hbond substituents is 1. The van der Waals surface area contributed by atoms with E-state index >= 15 is 0 Å². The molecule has 2 atom stereocenters. The first-order chi connectivity index (χ1) is 17.9. The fraction of sp³-hybridized carbons (Fsp3) is 0.370. The molecule has 0 bridgehead atoms. The van der Waals surface area contributed by atoms with E-state index in [1.165, 1.54) is 12.1 Å². The number of aliphatic carboxylic acids is 1. The van der Waals surface area contributed by atoms with Gasteiger partial charge in [-0.05, 0) is 60.2 Å². The molecule has 2 aliphatic heterocycles. The number of carboxylic acid groups (broad SMARTS) is 1. The Bertz CT molecular complexity index is 1500. The van der Waals surface area contributed by atoms with Crippen LogP contribution in [0.3, 0.4) is 0 Å². The second-order valence-corrected chi connectivity index (χ2v) is 9.97. The summed E-state index contributed by atoms with van der Waals surface area (Å²) in [6.45, 7) is 4.39. The first-order valence-electron chi connectivity index (χ1n) is 12.7. The number of phenols is 1. The van der Waals surface area contributed by atoms with Crippen LogP contribution in [0.1, 0.15) is 36.7 Å². The van der Waals surface area contributed by atoms with E-state index in [4.69, 9.17) is 4.98 Å². The number of benzene rings is 2. The van der Waals surface area contributed by atoms with E-state index in [0.717, 1.165) is 77.2 Å². The fourth-order valence-corrected chi connectivity index (χ4v) is 5.62. The summed E-state index contributed by atoms with van der Waals surface area (Å²) in [5.41, 5.74) is 6.11. The van der Waals surface area contributed by atoms with E-state index in [1.807, 2.05) is 25.1 Å². The average Bonchev–Trinajstić information content (AvgIpc) is 3.62. The van der Waals surface area contributed by atoms with Gasteiger partial charge in [0.1, 0.15) is 11.7 Å². The van der Waals surface area contributed by atoms with Crippen LogP contribution in [0.15, 0.2) is 30.3 Å². The molecule has 4 heterocycles. The summed E-state index contributed by atoms with van der Waals surface area (Å²) in [5.74, 6) is -1.05. The molecule has 2 unspecified atom stereocenters. The lowest BCUT2D eigenvalue weighted by molar-refractivity contribution is -0.139. The number of hydrogen-bond donors (Lipinski definition) is 5. The largest absolute Gasteiger partial charge is 0.505 e. The maximum absolute atomic E-state index is 14.1. The Labute approximate surface area is 212 Å². The zero-order valence-corrected chi connectivity index (χ0v) is 20.5. The van der Waals surface area contributed by atoms with Crippen molar-refractivity contribution in [2.24, 2.45) is 0 Å². The summed E-state index contributed by atoms with van der Waals surface area (Å²) in [6, 6.07) is 8.45. The van der Waals surface area contributed by atoms with Crippen LogP contribution in [0.25, 0.3) is 33.5 Å². The van der Waals surface area contributed by atoms with Gasteiger partial charge in [0.15, 0.2) is 17.4 Å². The van der Waals surface area contributed by atoms with Gasteiger partial charge in [0, 0.05) is 37.5 Å². The van der Waals surface area contributed by atoms with Gasteiger partial charge in [-0.15, -0.1) is 0 Å². The topological polar surface area (TPSA) is 130 Å². The number of rotatable bonds is 6. The quantitative estimate of drug-likeness (QED) is 0.271. The lowest BCUT2D eigenvalue weighted by Gasteiger charge is -2.28. The van der Waals surface area contributed by atoms with Gasteiger partial charge in [-0.1, -0.05) is 13.0 Å². The van der Waals surface area contributed by atoms with Crippen molar-refractivity contribution in [1.29, 1.82) is 0 Å². The smallest absolute Gasteiger partial charge is 0.320 e. The summed E-state index contributed by atoms with van der Waals surface area (Å²) in [4.78, 5) is 21.9. The van der Waals surface area contributed by atoms with Crippen molar-refractivity contribution in [3.63, 3.8) is 0 Å². The first kappa shape index (κ1) is 23.6. The number of aromatic nitrogens is 4. The molecule has 1 saturated heterocycles. The van der Waals surface area contributed by atoms with Gasteiger partial charge in [-0.2, -0.15) is 5.10 Å². The summed E-state index contributed by atoms with van der Waals surface area (Å²) >= 11 is 0. The fourth-order valence-electron chi connectivity index (χ4n) is 5.62. The van der Waals surface area contributed by atoms with E-state index < -0.39 is 17.8 Å². The SMILES string of the molecule is CCc1cc(O)c(F)cc1-c1ccc2c(-c3nc4c([nH]3)CN(CC3CCC(C(=O)O)N3)CC4)n[nH]c2c1. The van der Waals surface area contributed by atoms with Crippen LogP contribution in [0.5, 0.6) is 5.75 Å². The van der Waals surface area contributed by atoms with Gasteiger partial charge in [-0.25, -0.2) is 9.37 Å². The van der Waals surface area contributed by atoms with Gasteiger partial charge < -0.3 is 20.5 Å². The highest BCUT2D eigenvalue weighted by Crippen LogP contribution is 2.34. The number of aromatic amines is 2. The van der Waals surface area contributed by atoms with E-state index in [2.05, 4.69) is 25.4 Å². The molecule has 37 heavy (non-hydrogen) atoms. The van der Waals surface area contributed by atoms with Crippen molar-refractivity contribution in [1.82, 2.24) is 30.4 Å². The second-order valence-electron chi connectivity index (χ2n) is 9.97. The predicted molar refractivity (Wildman–Crippen MR) is 137 cm³/mol. The molecule has 0 amide bonds. The number of carboxylic acids is 1. The third-order valence-corrected chi connectivity index (χ3v) is 7.58. The van der Waals surface area contributed by atoms with E-state index in [-0.39, 0.29) is 11.8 Å². The Balaban J connectivity index is 1.23. The predicted octanol–water partition coefficient (Wildman–Crippen LogP) is 3.59. The Morgan fingerprint density at radius 3 is 2.89 bits per heavy atom. The zero-order chi connectivity index (χ0) is 25.7.